The summed E-state index contributed by atoms with van der Waals surface area (Å²) in [5.74, 6) is 1.15. The molecule has 0 saturated heterocycles. The van der Waals surface area contributed by atoms with Crippen LogP contribution in [0.1, 0.15) is 0 Å². The van der Waals surface area contributed by atoms with Crippen molar-refractivity contribution < 1.29 is 4.74 Å². The highest BCUT2D eigenvalue weighted by atomic mass is 35.5. The average molecular weight is 283 g/mol. The van der Waals surface area contributed by atoms with Gasteiger partial charge in [-0.05, 0) is 11.6 Å². The second-order valence-electron chi connectivity index (χ2n) is 4.14. The first-order chi connectivity index (χ1) is 9.83. The van der Waals surface area contributed by atoms with E-state index in [1.807, 2.05) is 54.6 Å². The van der Waals surface area contributed by atoms with Crippen molar-refractivity contribution in [2.24, 2.45) is 0 Å². The van der Waals surface area contributed by atoms with Gasteiger partial charge >= 0.3 is 0 Å². The zero-order chi connectivity index (χ0) is 13.8. The van der Waals surface area contributed by atoms with Crippen molar-refractivity contribution in [1.82, 2.24) is 9.97 Å². The van der Waals surface area contributed by atoms with Crippen LogP contribution in [0.5, 0.6) is 11.6 Å². The largest absolute Gasteiger partial charge is 0.438 e. The molecule has 2 aromatic carbocycles. The highest BCUT2D eigenvalue weighted by molar-refractivity contribution is 6.29. The maximum Gasteiger partial charge on any atom is 0.223 e. The predicted molar refractivity (Wildman–Crippen MR) is 79.0 cm³/mol. The van der Waals surface area contributed by atoms with Crippen LogP contribution in [0.15, 0.2) is 67.0 Å². The summed E-state index contributed by atoms with van der Waals surface area (Å²) in [6.45, 7) is 0. The van der Waals surface area contributed by atoms with Crippen LogP contribution >= 0.6 is 11.6 Å². The number of aromatic nitrogens is 2. The normalized spacial score (nSPS) is 10.2. The van der Waals surface area contributed by atoms with E-state index < -0.39 is 0 Å². The minimum absolute atomic E-state index is 0.354. The standard InChI is InChI=1S/C16H11ClN2O/c17-15-10-16(19-11-18-15)20-14-9-5-4-8-13(14)12-6-2-1-3-7-12/h1-11H. The molecule has 0 spiro atoms. The summed E-state index contributed by atoms with van der Waals surface area (Å²) in [6.07, 6.45) is 1.38. The fourth-order valence-corrected chi connectivity index (χ4v) is 2.03. The van der Waals surface area contributed by atoms with Gasteiger partial charge in [-0.1, -0.05) is 60.1 Å². The Morgan fingerprint density at radius 3 is 2.40 bits per heavy atom. The number of nitrogens with zero attached hydrogens (tertiary/aromatic N) is 2. The summed E-state index contributed by atoms with van der Waals surface area (Å²) < 4.78 is 5.81. The Kier molecular flexibility index (Phi) is 3.61. The molecule has 0 amide bonds. The minimum atomic E-state index is 0.354. The molecule has 0 N–H and O–H groups in total. The van der Waals surface area contributed by atoms with Gasteiger partial charge in [-0.2, -0.15) is 0 Å². The summed E-state index contributed by atoms with van der Waals surface area (Å²) in [5, 5.41) is 0.354. The molecule has 0 bridgehead atoms. The van der Waals surface area contributed by atoms with Gasteiger partial charge < -0.3 is 4.74 Å². The van der Waals surface area contributed by atoms with Crippen molar-refractivity contribution in [2.45, 2.75) is 0 Å². The van der Waals surface area contributed by atoms with Crippen molar-refractivity contribution in [3.63, 3.8) is 0 Å². The lowest BCUT2D eigenvalue weighted by Gasteiger charge is -2.10. The van der Waals surface area contributed by atoms with Crippen LogP contribution in [0.25, 0.3) is 11.1 Å². The Balaban J connectivity index is 1.99. The fourth-order valence-electron chi connectivity index (χ4n) is 1.90. The third kappa shape index (κ3) is 2.78. The van der Waals surface area contributed by atoms with E-state index in [4.69, 9.17) is 16.3 Å². The van der Waals surface area contributed by atoms with E-state index in [0.717, 1.165) is 16.9 Å². The van der Waals surface area contributed by atoms with E-state index in [1.165, 1.54) is 6.33 Å². The van der Waals surface area contributed by atoms with Gasteiger partial charge in [0.1, 0.15) is 17.2 Å². The van der Waals surface area contributed by atoms with E-state index in [9.17, 15) is 0 Å². The number of halogens is 1. The first kappa shape index (κ1) is 12.6. The molecule has 3 aromatic rings. The minimum Gasteiger partial charge on any atom is -0.438 e. The molecule has 0 fully saturated rings. The molecule has 1 heterocycles. The summed E-state index contributed by atoms with van der Waals surface area (Å²) in [5.41, 5.74) is 2.09. The lowest BCUT2D eigenvalue weighted by Crippen LogP contribution is -1.91. The van der Waals surface area contributed by atoms with Crippen LogP contribution in [-0.2, 0) is 0 Å². The number of benzene rings is 2. The zero-order valence-corrected chi connectivity index (χ0v) is 11.3. The smallest absolute Gasteiger partial charge is 0.223 e. The summed E-state index contributed by atoms with van der Waals surface area (Å²) >= 11 is 5.84. The van der Waals surface area contributed by atoms with Crippen molar-refractivity contribution in [2.75, 3.05) is 0 Å². The Labute approximate surface area is 121 Å². The lowest BCUT2D eigenvalue weighted by atomic mass is 10.1. The highest BCUT2D eigenvalue weighted by Crippen LogP contribution is 2.32. The molecular formula is C16H11ClN2O. The SMILES string of the molecule is Clc1cc(Oc2ccccc2-c2ccccc2)ncn1. The first-order valence-corrected chi connectivity index (χ1v) is 6.50. The quantitative estimate of drug-likeness (QED) is 0.659. The van der Waals surface area contributed by atoms with Crippen molar-refractivity contribution in [3.05, 3.63) is 72.1 Å². The van der Waals surface area contributed by atoms with Crippen LogP contribution in [-0.4, -0.2) is 9.97 Å². The molecule has 98 valence electrons. The van der Waals surface area contributed by atoms with Crippen LogP contribution in [0.2, 0.25) is 5.15 Å². The van der Waals surface area contributed by atoms with Crippen LogP contribution in [0.3, 0.4) is 0 Å². The van der Waals surface area contributed by atoms with Gasteiger partial charge in [0.25, 0.3) is 0 Å². The molecule has 0 aliphatic heterocycles. The van der Waals surface area contributed by atoms with Crippen LogP contribution in [0, 0.1) is 0 Å². The van der Waals surface area contributed by atoms with E-state index in [0.29, 0.717) is 11.0 Å². The van der Waals surface area contributed by atoms with Gasteiger partial charge in [0.2, 0.25) is 5.88 Å². The number of para-hydroxylation sites is 1. The van der Waals surface area contributed by atoms with Crippen LogP contribution < -0.4 is 4.74 Å². The Morgan fingerprint density at radius 1 is 0.850 bits per heavy atom. The van der Waals surface area contributed by atoms with Crippen molar-refractivity contribution in [3.8, 4) is 22.8 Å². The number of hydrogen-bond acceptors (Lipinski definition) is 3. The van der Waals surface area contributed by atoms with E-state index >= 15 is 0 Å². The molecule has 20 heavy (non-hydrogen) atoms. The van der Waals surface area contributed by atoms with Gasteiger partial charge in [-0.15, -0.1) is 0 Å². The van der Waals surface area contributed by atoms with Crippen molar-refractivity contribution in [1.29, 1.82) is 0 Å². The Hall–Kier alpha value is -2.39. The Morgan fingerprint density at radius 2 is 1.60 bits per heavy atom. The zero-order valence-electron chi connectivity index (χ0n) is 10.5. The third-order valence-corrected chi connectivity index (χ3v) is 3.00. The topological polar surface area (TPSA) is 35.0 Å². The molecule has 3 rings (SSSR count). The van der Waals surface area contributed by atoms with Crippen molar-refractivity contribution >= 4 is 11.6 Å². The lowest BCUT2D eigenvalue weighted by molar-refractivity contribution is 0.463. The molecule has 0 atom stereocenters. The molecule has 0 saturated carbocycles. The molecule has 0 aliphatic carbocycles. The predicted octanol–water partition coefficient (Wildman–Crippen LogP) is 4.59. The molecule has 0 radical (unpaired) electrons. The molecule has 1 aromatic heterocycles. The second-order valence-corrected chi connectivity index (χ2v) is 4.53. The fraction of sp³-hybridized carbons (Fsp3) is 0. The van der Waals surface area contributed by atoms with Gasteiger partial charge in [-0.3, -0.25) is 0 Å². The van der Waals surface area contributed by atoms with Gasteiger partial charge in [0.15, 0.2) is 0 Å². The van der Waals surface area contributed by atoms with E-state index in [-0.39, 0.29) is 0 Å². The van der Waals surface area contributed by atoms with E-state index in [1.54, 1.807) is 6.07 Å². The molecule has 3 nitrogen and oxygen atoms in total. The van der Waals surface area contributed by atoms with Gasteiger partial charge in [-0.25, -0.2) is 9.97 Å². The first-order valence-electron chi connectivity index (χ1n) is 6.13. The highest BCUT2D eigenvalue weighted by Gasteiger charge is 2.07. The molecule has 0 aliphatic rings. The van der Waals surface area contributed by atoms with Gasteiger partial charge in [0.05, 0.1) is 0 Å². The average Bonchev–Trinajstić information content (AvgIpc) is 2.49. The number of hydrogen-bond donors (Lipinski definition) is 0. The summed E-state index contributed by atoms with van der Waals surface area (Å²) in [7, 11) is 0. The molecule has 4 heteroatoms. The Bertz CT molecular complexity index is 716. The second kappa shape index (κ2) is 5.72. The number of rotatable bonds is 3. The third-order valence-electron chi connectivity index (χ3n) is 2.80. The van der Waals surface area contributed by atoms with Gasteiger partial charge in [0, 0.05) is 11.6 Å². The molecule has 0 unspecified atom stereocenters. The molecular weight excluding hydrogens is 272 g/mol. The van der Waals surface area contributed by atoms with Crippen LogP contribution in [0.4, 0.5) is 0 Å². The summed E-state index contributed by atoms with van der Waals surface area (Å²) in [6, 6.07) is 19.4. The monoisotopic (exact) mass is 282 g/mol. The number of ether oxygens (including phenoxy) is 1. The maximum absolute atomic E-state index is 5.84. The van der Waals surface area contributed by atoms with E-state index in [2.05, 4.69) is 9.97 Å². The maximum atomic E-state index is 5.84. The summed E-state index contributed by atoms with van der Waals surface area (Å²) in [4.78, 5) is 7.89.